The van der Waals surface area contributed by atoms with Gasteiger partial charge in [-0.25, -0.2) is 10.4 Å². The molecule has 0 bridgehead atoms. The third-order valence-electron chi connectivity index (χ3n) is 2.52. The van der Waals surface area contributed by atoms with E-state index in [1.54, 1.807) is 17.5 Å². The summed E-state index contributed by atoms with van der Waals surface area (Å²) in [5.74, 6) is -1.61. The third-order valence-corrected chi connectivity index (χ3v) is 3.31. The molecule has 0 aliphatic heterocycles. The Hall–Kier alpha value is -2.54. The first-order chi connectivity index (χ1) is 10.0. The molecule has 0 fully saturated rings. The summed E-state index contributed by atoms with van der Waals surface area (Å²) in [4.78, 5) is 27.3. The molecule has 0 radical (unpaired) electrons. The van der Waals surface area contributed by atoms with Crippen LogP contribution in [0.5, 0.6) is 0 Å². The maximum atomic E-state index is 11.6. The number of anilines is 1. The Morgan fingerprint density at radius 3 is 2.52 bits per heavy atom. The molecule has 1 heterocycles. The number of hydrogen-bond acceptors (Lipinski definition) is 5. The molecular formula is C14H14N4O2S. The number of aromatic nitrogens is 1. The Kier molecular flexibility index (Phi) is 4.78. The number of rotatable bonds is 3. The molecule has 0 unspecified atom stereocenters. The highest BCUT2D eigenvalue weighted by Gasteiger charge is 2.12. The highest BCUT2D eigenvalue weighted by molar-refractivity contribution is 7.09. The van der Waals surface area contributed by atoms with Crippen LogP contribution in [0, 0.1) is 13.8 Å². The van der Waals surface area contributed by atoms with E-state index >= 15 is 0 Å². The first-order valence-electron chi connectivity index (χ1n) is 6.18. The van der Waals surface area contributed by atoms with Gasteiger partial charge in [0.25, 0.3) is 0 Å². The van der Waals surface area contributed by atoms with E-state index in [2.05, 4.69) is 20.8 Å². The lowest BCUT2D eigenvalue weighted by Gasteiger charge is -2.03. The topological polar surface area (TPSA) is 83.5 Å². The molecule has 108 valence electrons. The molecule has 2 aromatic rings. The maximum absolute atomic E-state index is 11.6. The summed E-state index contributed by atoms with van der Waals surface area (Å²) >= 11 is 1.48. The molecule has 0 aliphatic rings. The Balaban J connectivity index is 1.86. The van der Waals surface area contributed by atoms with E-state index in [1.165, 1.54) is 17.6 Å². The number of aryl methyl sites for hydroxylation is 2. The van der Waals surface area contributed by atoms with Gasteiger partial charge in [0.1, 0.15) is 0 Å². The van der Waals surface area contributed by atoms with Crippen molar-refractivity contribution < 1.29 is 9.59 Å². The van der Waals surface area contributed by atoms with E-state index in [9.17, 15) is 9.59 Å². The number of hydrogen-bond donors (Lipinski definition) is 2. The van der Waals surface area contributed by atoms with Crippen LogP contribution < -0.4 is 10.7 Å². The van der Waals surface area contributed by atoms with Gasteiger partial charge in [-0.15, -0.1) is 11.3 Å². The summed E-state index contributed by atoms with van der Waals surface area (Å²) < 4.78 is 0. The minimum atomic E-state index is -0.834. The summed E-state index contributed by atoms with van der Waals surface area (Å²) in [7, 11) is 0. The lowest BCUT2D eigenvalue weighted by molar-refractivity contribution is -0.136. The number of amides is 2. The third kappa shape index (κ3) is 4.50. The summed E-state index contributed by atoms with van der Waals surface area (Å²) in [6.45, 7) is 3.81. The molecule has 21 heavy (non-hydrogen) atoms. The summed E-state index contributed by atoms with van der Waals surface area (Å²) in [6, 6.07) is 7.14. The van der Waals surface area contributed by atoms with Gasteiger partial charge in [-0.05, 0) is 26.0 Å². The highest BCUT2D eigenvalue weighted by Crippen LogP contribution is 2.08. The number of benzene rings is 1. The SMILES string of the molecule is Cc1ccc(NC(=O)C(=O)N/N=C\c2csc(C)n2)cc1. The minimum absolute atomic E-state index is 0.555. The summed E-state index contributed by atoms with van der Waals surface area (Å²) in [5.41, 5.74) is 4.42. The lowest BCUT2D eigenvalue weighted by atomic mass is 10.2. The van der Waals surface area contributed by atoms with Crippen molar-refractivity contribution >= 4 is 35.1 Å². The van der Waals surface area contributed by atoms with Crippen molar-refractivity contribution in [1.82, 2.24) is 10.4 Å². The van der Waals surface area contributed by atoms with Crippen LogP contribution in [0.4, 0.5) is 5.69 Å². The zero-order chi connectivity index (χ0) is 15.2. The molecule has 0 saturated heterocycles. The molecule has 7 heteroatoms. The van der Waals surface area contributed by atoms with Crippen molar-refractivity contribution in [3.8, 4) is 0 Å². The standard InChI is InChI=1S/C14H14N4O2S/c1-9-3-5-11(6-4-9)17-13(19)14(20)18-15-7-12-8-21-10(2)16-12/h3-8H,1-2H3,(H,17,19)(H,18,20)/b15-7-. The van der Waals surface area contributed by atoms with Crippen LogP contribution in [0.1, 0.15) is 16.3 Å². The molecule has 0 saturated carbocycles. The number of carbonyl (C=O) groups is 2. The number of nitrogens with zero attached hydrogens (tertiary/aromatic N) is 2. The van der Waals surface area contributed by atoms with Crippen molar-refractivity contribution in [2.45, 2.75) is 13.8 Å². The fourth-order valence-electron chi connectivity index (χ4n) is 1.47. The van der Waals surface area contributed by atoms with E-state index in [0.29, 0.717) is 11.4 Å². The van der Waals surface area contributed by atoms with Crippen molar-refractivity contribution in [2.24, 2.45) is 5.10 Å². The second kappa shape index (κ2) is 6.76. The lowest BCUT2D eigenvalue weighted by Crippen LogP contribution is -2.32. The molecule has 0 atom stereocenters. The van der Waals surface area contributed by atoms with Crippen molar-refractivity contribution in [1.29, 1.82) is 0 Å². The largest absolute Gasteiger partial charge is 0.329 e. The molecule has 0 spiro atoms. The summed E-state index contributed by atoms with van der Waals surface area (Å²) in [5, 5.41) is 8.88. The average molecular weight is 302 g/mol. The van der Waals surface area contributed by atoms with E-state index in [4.69, 9.17) is 0 Å². The van der Waals surface area contributed by atoms with Gasteiger partial charge in [0.2, 0.25) is 0 Å². The molecule has 1 aromatic heterocycles. The fraction of sp³-hybridized carbons (Fsp3) is 0.143. The summed E-state index contributed by atoms with van der Waals surface area (Å²) in [6.07, 6.45) is 1.39. The van der Waals surface area contributed by atoms with Crippen LogP contribution >= 0.6 is 11.3 Å². The van der Waals surface area contributed by atoms with E-state index < -0.39 is 11.8 Å². The van der Waals surface area contributed by atoms with Crippen LogP contribution in [0.3, 0.4) is 0 Å². The van der Waals surface area contributed by atoms with Crippen molar-refractivity contribution in [3.05, 3.63) is 45.9 Å². The maximum Gasteiger partial charge on any atom is 0.329 e. The predicted octanol–water partition coefficient (Wildman–Crippen LogP) is 1.85. The molecule has 2 N–H and O–H groups in total. The van der Waals surface area contributed by atoms with Gasteiger partial charge in [0.15, 0.2) is 0 Å². The number of hydrazone groups is 1. The van der Waals surface area contributed by atoms with E-state index in [0.717, 1.165) is 10.6 Å². The smallest absolute Gasteiger partial charge is 0.318 e. The number of nitrogens with one attached hydrogen (secondary N) is 2. The van der Waals surface area contributed by atoms with Gasteiger partial charge in [0.05, 0.1) is 16.9 Å². The predicted molar refractivity (Wildman–Crippen MR) is 82.4 cm³/mol. The molecule has 2 rings (SSSR count). The van der Waals surface area contributed by atoms with Gasteiger partial charge >= 0.3 is 11.8 Å². The fourth-order valence-corrected chi connectivity index (χ4v) is 2.03. The van der Waals surface area contributed by atoms with Gasteiger partial charge in [-0.2, -0.15) is 5.10 Å². The van der Waals surface area contributed by atoms with Crippen LogP contribution in [0.2, 0.25) is 0 Å². The zero-order valence-corrected chi connectivity index (χ0v) is 12.4. The molecule has 6 nitrogen and oxygen atoms in total. The Morgan fingerprint density at radius 1 is 1.19 bits per heavy atom. The van der Waals surface area contributed by atoms with Crippen LogP contribution in [0.15, 0.2) is 34.7 Å². The Morgan fingerprint density at radius 2 is 1.90 bits per heavy atom. The Labute approximate surface area is 125 Å². The highest BCUT2D eigenvalue weighted by atomic mass is 32.1. The first-order valence-corrected chi connectivity index (χ1v) is 7.06. The van der Waals surface area contributed by atoms with Crippen molar-refractivity contribution in [3.63, 3.8) is 0 Å². The van der Waals surface area contributed by atoms with Gasteiger partial charge in [0, 0.05) is 11.1 Å². The van der Waals surface area contributed by atoms with E-state index in [-0.39, 0.29) is 0 Å². The first kappa shape index (κ1) is 14.9. The molecule has 1 aromatic carbocycles. The molecule has 0 aliphatic carbocycles. The second-order valence-electron chi connectivity index (χ2n) is 4.31. The van der Waals surface area contributed by atoms with Crippen LogP contribution in [-0.4, -0.2) is 23.0 Å². The van der Waals surface area contributed by atoms with Crippen LogP contribution in [-0.2, 0) is 9.59 Å². The average Bonchev–Trinajstić information content (AvgIpc) is 2.87. The van der Waals surface area contributed by atoms with Gasteiger partial charge < -0.3 is 5.32 Å². The van der Waals surface area contributed by atoms with Crippen LogP contribution in [0.25, 0.3) is 0 Å². The molecule has 2 amide bonds. The normalized spacial score (nSPS) is 10.6. The second-order valence-corrected chi connectivity index (χ2v) is 5.37. The number of thiazole rings is 1. The minimum Gasteiger partial charge on any atom is -0.318 e. The number of carbonyl (C=O) groups excluding carboxylic acids is 2. The Bertz CT molecular complexity index is 677. The van der Waals surface area contributed by atoms with Crippen molar-refractivity contribution in [2.75, 3.05) is 5.32 Å². The monoisotopic (exact) mass is 302 g/mol. The van der Waals surface area contributed by atoms with Gasteiger partial charge in [-0.3, -0.25) is 9.59 Å². The zero-order valence-electron chi connectivity index (χ0n) is 11.6. The van der Waals surface area contributed by atoms with Gasteiger partial charge in [-0.1, -0.05) is 17.7 Å². The molecular weight excluding hydrogens is 288 g/mol. The van der Waals surface area contributed by atoms with E-state index in [1.807, 2.05) is 26.0 Å². The quantitative estimate of drug-likeness (QED) is 0.515.